The van der Waals surface area contributed by atoms with E-state index in [9.17, 15) is 4.79 Å². The minimum absolute atomic E-state index is 0.171. The zero-order valence-corrected chi connectivity index (χ0v) is 15.8. The van der Waals surface area contributed by atoms with Crippen molar-refractivity contribution in [2.75, 3.05) is 13.1 Å². The molecule has 0 saturated heterocycles. The maximum Gasteiger partial charge on any atom is 0.272 e. The van der Waals surface area contributed by atoms with E-state index in [4.69, 9.17) is 0 Å². The maximum atomic E-state index is 12.8. The van der Waals surface area contributed by atoms with E-state index in [0.29, 0.717) is 11.6 Å². The molecule has 3 aromatic heterocycles. The molecule has 0 spiro atoms. The van der Waals surface area contributed by atoms with Crippen LogP contribution in [-0.4, -0.2) is 43.1 Å². The van der Waals surface area contributed by atoms with Crippen molar-refractivity contribution in [1.82, 2.24) is 34.8 Å². The molecule has 4 heterocycles. The Hall–Kier alpha value is -2.26. The summed E-state index contributed by atoms with van der Waals surface area (Å²) in [6, 6.07) is -0.179. The van der Waals surface area contributed by atoms with E-state index in [1.165, 1.54) is 11.3 Å². The number of hydrogen-bond donors (Lipinski definition) is 2. The van der Waals surface area contributed by atoms with Crippen molar-refractivity contribution in [3.05, 3.63) is 35.1 Å². The lowest BCUT2D eigenvalue weighted by molar-refractivity contribution is 0.0924. The summed E-state index contributed by atoms with van der Waals surface area (Å²) in [5, 5.41) is 17.2. The molecule has 0 unspecified atom stereocenters. The van der Waals surface area contributed by atoms with Crippen LogP contribution in [0.15, 0.2) is 17.8 Å². The normalized spacial score (nSPS) is 15.8. The first-order chi connectivity index (χ1) is 12.6. The minimum Gasteiger partial charge on any atom is -0.341 e. The van der Waals surface area contributed by atoms with Gasteiger partial charge in [-0.2, -0.15) is 0 Å². The van der Waals surface area contributed by atoms with Gasteiger partial charge >= 0.3 is 0 Å². The Kier molecular flexibility index (Phi) is 4.73. The number of imidazole rings is 1. The largest absolute Gasteiger partial charge is 0.341 e. The van der Waals surface area contributed by atoms with E-state index in [2.05, 4.69) is 44.2 Å². The van der Waals surface area contributed by atoms with E-state index in [1.807, 2.05) is 16.0 Å². The van der Waals surface area contributed by atoms with Crippen molar-refractivity contribution in [3.8, 4) is 0 Å². The number of rotatable bonds is 5. The molecule has 26 heavy (non-hydrogen) atoms. The van der Waals surface area contributed by atoms with Gasteiger partial charge in [-0.05, 0) is 12.3 Å². The van der Waals surface area contributed by atoms with Crippen molar-refractivity contribution in [1.29, 1.82) is 0 Å². The quantitative estimate of drug-likeness (QED) is 0.710. The Morgan fingerprint density at radius 1 is 1.38 bits per heavy atom. The summed E-state index contributed by atoms with van der Waals surface area (Å²) in [7, 11) is 0. The van der Waals surface area contributed by atoms with Gasteiger partial charge in [0.25, 0.3) is 5.91 Å². The summed E-state index contributed by atoms with van der Waals surface area (Å²) in [4.78, 5) is 18.0. The van der Waals surface area contributed by atoms with E-state index >= 15 is 0 Å². The molecule has 1 aliphatic rings. The fourth-order valence-electron chi connectivity index (χ4n) is 3.32. The third-order valence-electron chi connectivity index (χ3n) is 4.54. The summed E-state index contributed by atoms with van der Waals surface area (Å²) in [5.74, 6) is 2.07. The van der Waals surface area contributed by atoms with Gasteiger partial charge in [-0.1, -0.05) is 13.8 Å². The second kappa shape index (κ2) is 7.16. The Morgan fingerprint density at radius 3 is 3.08 bits per heavy atom. The molecule has 1 atom stereocenters. The topological polar surface area (TPSA) is 89.1 Å². The van der Waals surface area contributed by atoms with E-state index in [0.717, 1.165) is 49.1 Å². The molecule has 0 fully saturated rings. The molecule has 0 saturated carbocycles. The highest BCUT2D eigenvalue weighted by Crippen LogP contribution is 2.22. The monoisotopic (exact) mass is 373 g/mol. The van der Waals surface area contributed by atoms with Gasteiger partial charge in [-0.25, -0.2) is 4.98 Å². The fraction of sp³-hybridized carbons (Fsp3) is 0.529. The lowest BCUT2D eigenvalue weighted by Crippen LogP contribution is -2.32. The van der Waals surface area contributed by atoms with Gasteiger partial charge in [-0.3, -0.25) is 9.20 Å². The van der Waals surface area contributed by atoms with Crippen molar-refractivity contribution < 1.29 is 4.79 Å². The standard InChI is InChI=1S/C17H23N7OS/c1-11(2)9-12(15-22-21-14-3-4-18-5-6-24(14)15)19-16(25)13-10-23-7-8-26-17(23)20-13/h7-8,10-12,18H,3-6,9H2,1-2H3,(H,19,25)/t12-/m1/s1. The molecule has 0 aromatic carbocycles. The average molecular weight is 373 g/mol. The molecule has 4 rings (SSSR count). The van der Waals surface area contributed by atoms with Gasteiger partial charge in [0.2, 0.25) is 0 Å². The molecule has 0 bridgehead atoms. The van der Waals surface area contributed by atoms with Gasteiger partial charge in [0.15, 0.2) is 10.8 Å². The first-order valence-corrected chi connectivity index (χ1v) is 9.85. The van der Waals surface area contributed by atoms with Crippen LogP contribution < -0.4 is 10.6 Å². The summed E-state index contributed by atoms with van der Waals surface area (Å²) in [5.41, 5.74) is 0.433. The fourth-order valence-corrected chi connectivity index (χ4v) is 4.02. The lowest BCUT2D eigenvalue weighted by atomic mass is 10.0. The van der Waals surface area contributed by atoms with Crippen LogP contribution in [0.4, 0.5) is 0 Å². The Balaban J connectivity index is 1.60. The van der Waals surface area contributed by atoms with Gasteiger partial charge < -0.3 is 15.2 Å². The third kappa shape index (κ3) is 3.36. The third-order valence-corrected chi connectivity index (χ3v) is 5.31. The maximum absolute atomic E-state index is 12.8. The van der Waals surface area contributed by atoms with Crippen molar-refractivity contribution in [2.24, 2.45) is 5.92 Å². The number of nitrogens with one attached hydrogen (secondary N) is 2. The molecular weight excluding hydrogens is 350 g/mol. The second-order valence-electron chi connectivity index (χ2n) is 7.00. The summed E-state index contributed by atoms with van der Waals surface area (Å²) >= 11 is 1.51. The molecule has 1 amide bonds. The zero-order chi connectivity index (χ0) is 18.1. The van der Waals surface area contributed by atoms with Gasteiger partial charge in [0, 0.05) is 43.8 Å². The molecule has 0 aliphatic carbocycles. The highest BCUT2D eigenvalue weighted by atomic mass is 32.1. The first-order valence-electron chi connectivity index (χ1n) is 8.97. The number of aromatic nitrogens is 5. The molecule has 2 N–H and O–H groups in total. The number of carbonyl (C=O) groups is 1. The first kappa shape index (κ1) is 17.2. The molecule has 1 aliphatic heterocycles. The Labute approximate surface area is 155 Å². The number of thiazole rings is 1. The van der Waals surface area contributed by atoms with Crippen LogP contribution in [0, 0.1) is 5.92 Å². The van der Waals surface area contributed by atoms with Crippen LogP contribution in [0.3, 0.4) is 0 Å². The molecule has 9 heteroatoms. The molecular formula is C17H23N7OS. The molecule has 138 valence electrons. The van der Waals surface area contributed by atoms with Crippen LogP contribution in [0.1, 0.15) is 48.4 Å². The van der Waals surface area contributed by atoms with Crippen molar-refractivity contribution in [2.45, 2.75) is 39.3 Å². The van der Waals surface area contributed by atoms with Crippen molar-refractivity contribution in [3.63, 3.8) is 0 Å². The van der Waals surface area contributed by atoms with Crippen LogP contribution in [-0.2, 0) is 13.0 Å². The van der Waals surface area contributed by atoms with E-state index in [1.54, 1.807) is 6.20 Å². The summed E-state index contributed by atoms with van der Waals surface area (Å²) < 4.78 is 4.02. The van der Waals surface area contributed by atoms with Crippen LogP contribution in [0.25, 0.3) is 4.96 Å². The second-order valence-corrected chi connectivity index (χ2v) is 7.87. The molecule has 3 aromatic rings. The number of fused-ring (bicyclic) bond motifs is 2. The Bertz CT molecular complexity index is 881. The minimum atomic E-state index is -0.179. The number of carbonyl (C=O) groups excluding carboxylic acids is 1. The number of hydrogen-bond acceptors (Lipinski definition) is 6. The van der Waals surface area contributed by atoms with Crippen LogP contribution in [0.5, 0.6) is 0 Å². The summed E-state index contributed by atoms with van der Waals surface area (Å²) in [6.45, 7) is 6.91. The smallest absolute Gasteiger partial charge is 0.272 e. The Morgan fingerprint density at radius 2 is 2.27 bits per heavy atom. The predicted molar refractivity (Wildman–Crippen MR) is 99.3 cm³/mol. The average Bonchev–Trinajstić information content (AvgIpc) is 3.25. The summed E-state index contributed by atoms with van der Waals surface area (Å²) in [6.07, 6.45) is 5.33. The van der Waals surface area contributed by atoms with Crippen LogP contribution in [0.2, 0.25) is 0 Å². The van der Waals surface area contributed by atoms with Gasteiger partial charge in [0.1, 0.15) is 11.5 Å². The van der Waals surface area contributed by atoms with Crippen LogP contribution >= 0.6 is 11.3 Å². The lowest BCUT2D eigenvalue weighted by Gasteiger charge is -2.20. The predicted octanol–water partition coefficient (Wildman–Crippen LogP) is 1.65. The van der Waals surface area contributed by atoms with E-state index in [-0.39, 0.29) is 11.9 Å². The van der Waals surface area contributed by atoms with Crippen molar-refractivity contribution >= 4 is 22.2 Å². The van der Waals surface area contributed by atoms with Gasteiger partial charge in [0.05, 0.1) is 6.04 Å². The van der Waals surface area contributed by atoms with Gasteiger partial charge in [-0.15, -0.1) is 21.5 Å². The zero-order valence-electron chi connectivity index (χ0n) is 15.0. The molecule has 0 radical (unpaired) electrons. The SMILES string of the molecule is CC(C)C[C@@H](NC(=O)c1cn2ccsc2n1)c1nnc2n1CCNCC2. The highest BCUT2D eigenvalue weighted by molar-refractivity contribution is 7.15. The number of nitrogens with zero attached hydrogens (tertiary/aromatic N) is 5. The highest BCUT2D eigenvalue weighted by Gasteiger charge is 2.26. The molecule has 8 nitrogen and oxygen atoms in total. The van der Waals surface area contributed by atoms with E-state index < -0.39 is 0 Å². The number of amides is 1.